The molecule has 0 saturated heterocycles. The van der Waals surface area contributed by atoms with Crippen LogP contribution >= 0.6 is 0 Å². The zero-order valence-electron chi connectivity index (χ0n) is 26.9. The molecule has 0 radical (unpaired) electrons. The highest BCUT2D eigenvalue weighted by atomic mass is 15.2. The second-order valence-electron chi connectivity index (χ2n) is 12.6. The standard InChI is InChI=1S/C46H33N3/c1-5-15-32(16-6-1)33-25-27-35(28-26-33)44-47-43(34-17-7-2-8-18-34)48-45(49-44)36-29-30-40-39-23-13-14-24-41(39)46(42(40)31-36,37-19-9-3-10-20-37)38-21-11-4-12-22-38/h1-31,44H,(H,47,48,49). The molecular weight excluding hydrogens is 595 g/mol. The molecule has 1 N–H and O–H groups in total. The van der Waals surface area contributed by atoms with E-state index in [4.69, 9.17) is 9.98 Å². The molecule has 3 heteroatoms. The van der Waals surface area contributed by atoms with Gasteiger partial charge in [0.2, 0.25) is 0 Å². The van der Waals surface area contributed by atoms with Gasteiger partial charge in [-0.15, -0.1) is 0 Å². The van der Waals surface area contributed by atoms with Crippen LogP contribution in [0.15, 0.2) is 198 Å². The summed E-state index contributed by atoms with van der Waals surface area (Å²) in [5.74, 6) is 1.52. The van der Waals surface area contributed by atoms with E-state index in [2.05, 4.69) is 181 Å². The lowest BCUT2D eigenvalue weighted by Gasteiger charge is -2.34. The van der Waals surface area contributed by atoms with Crippen LogP contribution in [0, 0.1) is 0 Å². The second-order valence-corrected chi connectivity index (χ2v) is 12.6. The van der Waals surface area contributed by atoms with Crippen molar-refractivity contribution in [3.63, 3.8) is 0 Å². The van der Waals surface area contributed by atoms with E-state index in [0.717, 1.165) is 22.5 Å². The molecule has 49 heavy (non-hydrogen) atoms. The van der Waals surface area contributed by atoms with Crippen LogP contribution in [-0.4, -0.2) is 11.7 Å². The minimum atomic E-state index is -0.490. The van der Waals surface area contributed by atoms with Crippen LogP contribution in [-0.2, 0) is 5.41 Å². The van der Waals surface area contributed by atoms with Gasteiger partial charge >= 0.3 is 0 Å². The Morgan fingerprint density at radius 3 is 1.59 bits per heavy atom. The van der Waals surface area contributed by atoms with E-state index in [-0.39, 0.29) is 6.17 Å². The normalized spacial score (nSPS) is 15.7. The summed E-state index contributed by atoms with van der Waals surface area (Å²) < 4.78 is 0. The number of benzene rings is 7. The van der Waals surface area contributed by atoms with Gasteiger partial charge in [0.25, 0.3) is 0 Å². The maximum Gasteiger partial charge on any atom is 0.159 e. The zero-order valence-corrected chi connectivity index (χ0v) is 26.9. The lowest BCUT2D eigenvalue weighted by Crippen LogP contribution is -2.33. The van der Waals surface area contributed by atoms with E-state index in [1.165, 1.54) is 44.5 Å². The van der Waals surface area contributed by atoms with Crippen molar-refractivity contribution in [3.8, 4) is 22.3 Å². The third-order valence-electron chi connectivity index (χ3n) is 9.84. The summed E-state index contributed by atoms with van der Waals surface area (Å²) in [5, 5.41) is 3.64. The van der Waals surface area contributed by atoms with E-state index in [9.17, 15) is 0 Å². The Bertz CT molecular complexity index is 2290. The second kappa shape index (κ2) is 12.0. The largest absolute Gasteiger partial charge is 0.344 e. The first-order valence-electron chi connectivity index (χ1n) is 16.8. The third kappa shape index (κ3) is 4.90. The van der Waals surface area contributed by atoms with E-state index in [1.807, 2.05) is 12.1 Å². The fourth-order valence-electron chi connectivity index (χ4n) is 7.56. The molecule has 0 bridgehead atoms. The molecule has 0 saturated carbocycles. The molecule has 232 valence electrons. The molecule has 0 spiro atoms. The molecule has 0 aromatic heterocycles. The number of nitrogens with zero attached hydrogens (tertiary/aromatic N) is 2. The number of aliphatic imine (C=N–C) groups is 2. The Labute approximate surface area is 287 Å². The van der Waals surface area contributed by atoms with Crippen molar-refractivity contribution < 1.29 is 0 Å². The highest BCUT2D eigenvalue weighted by molar-refractivity contribution is 6.13. The predicted octanol–water partition coefficient (Wildman–Crippen LogP) is 10.2. The first kappa shape index (κ1) is 28.9. The van der Waals surface area contributed by atoms with Crippen molar-refractivity contribution in [2.45, 2.75) is 11.6 Å². The molecular formula is C46H33N3. The van der Waals surface area contributed by atoms with Gasteiger partial charge in [0.15, 0.2) is 5.84 Å². The van der Waals surface area contributed by atoms with Crippen LogP contribution in [0.1, 0.15) is 45.1 Å². The van der Waals surface area contributed by atoms with Crippen molar-refractivity contribution >= 4 is 11.7 Å². The van der Waals surface area contributed by atoms with Gasteiger partial charge in [-0.2, -0.15) is 0 Å². The van der Waals surface area contributed by atoms with E-state index in [0.29, 0.717) is 5.84 Å². The van der Waals surface area contributed by atoms with Crippen molar-refractivity contribution in [1.82, 2.24) is 5.32 Å². The summed E-state index contributed by atoms with van der Waals surface area (Å²) in [6.45, 7) is 0. The molecule has 9 rings (SSSR count). The van der Waals surface area contributed by atoms with Crippen molar-refractivity contribution in [2.75, 3.05) is 0 Å². The number of hydrogen-bond donors (Lipinski definition) is 1. The van der Waals surface area contributed by atoms with Crippen LogP contribution in [0.3, 0.4) is 0 Å². The fraction of sp³-hybridized carbons (Fsp3) is 0.0435. The summed E-state index contributed by atoms with van der Waals surface area (Å²) in [5.41, 5.74) is 12.5. The molecule has 7 aromatic rings. The van der Waals surface area contributed by atoms with E-state index < -0.39 is 5.41 Å². The van der Waals surface area contributed by atoms with Gasteiger partial charge in [0.1, 0.15) is 12.0 Å². The Kier molecular flexibility index (Phi) is 7.09. The van der Waals surface area contributed by atoms with E-state index >= 15 is 0 Å². The van der Waals surface area contributed by atoms with Gasteiger partial charge in [-0.3, -0.25) is 0 Å². The molecule has 1 aliphatic carbocycles. The highest BCUT2D eigenvalue weighted by Gasteiger charge is 2.46. The minimum Gasteiger partial charge on any atom is -0.344 e. The zero-order chi connectivity index (χ0) is 32.6. The quantitative estimate of drug-likeness (QED) is 0.196. The third-order valence-corrected chi connectivity index (χ3v) is 9.84. The number of fused-ring (bicyclic) bond motifs is 3. The number of rotatable bonds is 6. The molecule has 2 aliphatic rings. The maximum atomic E-state index is 5.29. The molecule has 7 aromatic carbocycles. The first-order chi connectivity index (χ1) is 24.3. The Hall–Kier alpha value is -6.32. The summed E-state index contributed by atoms with van der Waals surface area (Å²) >= 11 is 0. The molecule has 1 heterocycles. The lowest BCUT2D eigenvalue weighted by atomic mass is 9.67. The molecule has 3 nitrogen and oxygen atoms in total. The Morgan fingerprint density at radius 2 is 0.939 bits per heavy atom. The van der Waals surface area contributed by atoms with Crippen molar-refractivity contribution in [2.24, 2.45) is 9.98 Å². The van der Waals surface area contributed by atoms with Gasteiger partial charge in [0, 0.05) is 11.1 Å². The van der Waals surface area contributed by atoms with Gasteiger partial charge in [-0.1, -0.05) is 182 Å². The lowest BCUT2D eigenvalue weighted by molar-refractivity contribution is 0.674. The van der Waals surface area contributed by atoms with Crippen LogP contribution in [0.25, 0.3) is 22.3 Å². The highest BCUT2D eigenvalue weighted by Crippen LogP contribution is 2.56. The number of amidine groups is 2. The van der Waals surface area contributed by atoms with Crippen molar-refractivity contribution in [1.29, 1.82) is 0 Å². The summed E-state index contributed by atoms with van der Waals surface area (Å²) in [6.07, 6.45) is -0.300. The number of hydrogen-bond acceptors (Lipinski definition) is 3. The van der Waals surface area contributed by atoms with Gasteiger partial charge in [-0.05, 0) is 56.1 Å². The minimum absolute atomic E-state index is 0.300. The predicted molar refractivity (Wildman–Crippen MR) is 201 cm³/mol. The molecule has 1 unspecified atom stereocenters. The summed E-state index contributed by atoms with van der Waals surface area (Å²) in [7, 11) is 0. The number of nitrogens with one attached hydrogen (secondary N) is 1. The maximum absolute atomic E-state index is 5.29. The smallest absolute Gasteiger partial charge is 0.159 e. The Morgan fingerprint density at radius 1 is 0.429 bits per heavy atom. The molecule has 1 aliphatic heterocycles. The average Bonchev–Trinajstić information content (AvgIpc) is 3.49. The molecule has 0 amide bonds. The van der Waals surface area contributed by atoms with Crippen LogP contribution < -0.4 is 5.32 Å². The monoisotopic (exact) mass is 627 g/mol. The topological polar surface area (TPSA) is 36.8 Å². The van der Waals surface area contributed by atoms with Crippen LogP contribution in [0.2, 0.25) is 0 Å². The van der Waals surface area contributed by atoms with Crippen LogP contribution in [0.4, 0.5) is 0 Å². The van der Waals surface area contributed by atoms with E-state index in [1.54, 1.807) is 0 Å². The summed E-state index contributed by atoms with van der Waals surface area (Å²) in [4.78, 5) is 10.5. The van der Waals surface area contributed by atoms with Gasteiger partial charge < -0.3 is 5.32 Å². The van der Waals surface area contributed by atoms with Gasteiger partial charge in [-0.25, -0.2) is 9.98 Å². The first-order valence-corrected chi connectivity index (χ1v) is 16.8. The molecule has 0 fully saturated rings. The van der Waals surface area contributed by atoms with Crippen LogP contribution in [0.5, 0.6) is 0 Å². The Balaban J connectivity index is 1.22. The van der Waals surface area contributed by atoms with Gasteiger partial charge in [0.05, 0.1) is 5.41 Å². The summed E-state index contributed by atoms with van der Waals surface area (Å²) in [6, 6.07) is 66.9. The fourth-order valence-corrected chi connectivity index (χ4v) is 7.56. The van der Waals surface area contributed by atoms with Crippen molar-refractivity contribution in [3.05, 3.63) is 227 Å². The SMILES string of the molecule is c1ccc(C2=NC(c3ccc4c(c3)C(c3ccccc3)(c3ccccc3)c3ccccc3-4)=NC(c3ccc(-c4ccccc4)cc3)N2)cc1. The molecule has 1 atom stereocenters. The average molecular weight is 628 g/mol.